The van der Waals surface area contributed by atoms with Gasteiger partial charge in [0.25, 0.3) is 0 Å². The van der Waals surface area contributed by atoms with Crippen LogP contribution in [0, 0.1) is 5.92 Å². The Hall–Kier alpha value is -0.130. The zero-order valence-corrected chi connectivity index (χ0v) is 10.1. The van der Waals surface area contributed by atoms with Crippen LogP contribution in [0.2, 0.25) is 0 Å². The van der Waals surface area contributed by atoms with Gasteiger partial charge in [-0.2, -0.15) is 0 Å². The van der Waals surface area contributed by atoms with Crippen LogP contribution in [0.4, 0.5) is 0 Å². The molecule has 4 nitrogen and oxygen atoms in total. The van der Waals surface area contributed by atoms with Crippen LogP contribution < -0.4 is 10.0 Å². The molecule has 2 aliphatic rings. The minimum atomic E-state index is -3.07. The van der Waals surface area contributed by atoms with Crippen molar-refractivity contribution in [2.45, 2.75) is 38.1 Å². The molecule has 0 aromatic carbocycles. The number of hydrogen-bond acceptors (Lipinski definition) is 3. The maximum Gasteiger partial charge on any atom is 0.212 e. The summed E-state index contributed by atoms with van der Waals surface area (Å²) in [6, 6.07) is 0. The molecule has 1 saturated heterocycles. The second-order valence-electron chi connectivity index (χ2n) is 5.16. The summed E-state index contributed by atoms with van der Waals surface area (Å²) < 4.78 is 26.4. The Morgan fingerprint density at radius 3 is 2.73 bits per heavy atom. The van der Waals surface area contributed by atoms with Gasteiger partial charge in [-0.1, -0.05) is 0 Å². The van der Waals surface area contributed by atoms with Crippen LogP contribution in [0.25, 0.3) is 0 Å². The standard InChI is InChI=1S/C10H20N2O2S/c1-10(4-5-10)12-15(13,14)8-9-3-2-6-11-7-9/h9,11-12H,2-8H2,1H3. The van der Waals surface area contributed by atoms with E-state index in [9.17, 15) is 8.42 Å². The van der Waals surface area contributed by atoms with Crippen molar-refractivity contribution in [2.75, 3.05) is 18.8 Å². The van der Waals surface area contributed by atoms with Gasteiger partial charge in [-0.3, -0.25) is 0 Å². The topological polar surface area (TPSA) is 58.2 Å². The van der Waals surface area contributed by atoms with E-state index in [1.165, 1.54) is 0 Å². The molecule has 0 aromatic rings. The molecule has 88 valence electrons. The fraction of sp³-hybridized carbons (Fsp3) is 1.00. The molecule has 0 aromatic heterocycles. The highest BCUT2D eigenvalue weighted by Gasteiger charge is 2.41. The lowest BCUT2D eigenvalue weighted by atomic mass is 10.0. The van der Waals surface area contributed by atoms with Crippen LogP contribution in [0.3, 0.4) is 0 Å². The van der Waals surface area contributed by atoms with E-state index < -0.39 is 10.0 Å². The van der Waals surface area contributed by atoms with Crippen molar-refractivity contribution in [3.05, 3.63) is 0 Å². The first-order valence-corrected chi connectivity index (χ1v) is 7.37. The molecular formula is C10H20N2O2S. The van der Waals surface area contributed by atoms with Crippen LogP contribution in [0.5, 0.6) is 0 Å². The maximum absolute atomic E-state index is 11.8. The third kappa shape index (κ3) is 3.43. The highest BCUT2D eigenvalue weighted by atomic mass is 32.2. The highest BCUT2D eigenvalue weighted by Crippen LogP contribution is 2.35. The van der Waals surface area contributed by atoms with Gasteiger partial charge in [-0.25, -0.2) is 13.1 Å². The summed E-state index contributed by atoms with van der Waals surface area (Å²) in [6.45, 7) is 3.85. The van der Waals surface area contributed by atoms with E-state index in [0.29, 0.717) is 5.92 Å². The molecule has 0 spiro atoms. The summed E-state index contributed by atoms with van der Waals surface area (Å²) >= 11 is 0. The second kappa shape index (κ2) is 4.03. The van der Waals surface area contributed by atoms with Gasteiger partial charge in [0.2, 0.25) is 10.0 Å². The van der Waals surface area contributed by atoms with Crippen LogP contribution in [-0.4, -0.2) is 32.8 Å². The van der Waals surface area contributed by atoms with Gasteiger partial charge in [0.15, 0.2) is 0 Å². The molecule has 1 unspecified atom stereocenters. The van der Waals surface area contributed by atoms with Crippen LogP contribution in [0.15, 0.2) is 0 Å². The molecule has 1 aliphatic carbocycles. The second-order valence-corrected chi connectivity index (χ2v) is 6.92. The SMILES string of the molecule is CC1(NS(=O)(=O)CC2CCCNC2)CC1. The van der Waals surface area contributed by atoms with Crippen LogP contribution in [-0.2, 0) is 10.0 Å². The fourth-order valence-electron chi connectivity index (χ4n) is 2.08. The summed E-state index contributed by atoms with van der Waals surface area (Å²) in [5.41, 5.74) is -0.124. The zero-order chi connectivity index (χ0) is 10.9. The van der Waals surface area contributed by atoms with Crippen molar-refractivity contribution >= 4 is 10.0 Å². The quantitative estimate of drug-likeness (QED) is 0.740. The Kier molecular flexibility index (Phi) is 3.05. The third-order valence-electron chi connectivity index (χ3n) is 3.26. The molecule has 0 bridgehead atoms. The van der Waals surface area contributed by atoms with E-state index in [2.05, 4.69) is 10.0 Å². The van der Waals surface area contributed by atoms with Crippen molar-refractivity contribution < 1.29 is 8.42 Å². The first kappa shape index (κ1) is 11.4. The van der Waals surface area contributed by atoms with Crippen molar-refractivity contribution in [1.82, 2.24) is 10.0 Å². The van der Waals surface area contributed by atoms with Crippen molar-refractivity contribution in [3.63, 3.8) is 0 Å². The summed E-state index contributed by atoms with van der Waals surface area (Å²) in [7, 11) is -3.07. The summed E-state index contributed by atoms with van der Waals surface area (Å²) in [5, 5.41) is 3.24. The highest BCUT2D eigenvalue weighted by molar-refractivity contribution is 7.89. The molecule has 1 saturated carbocycles. The largest absolute Gasteiger partial charge is 0.316 e. The molecule has 1 atom stereocenters. The Balaban J connectivity index is 1.86. The maximum atomic E-state index is 11.8. The smallest absolute Gasteiger partial charge is 0.212 e. The minimum absolute atomic E-state index is 0.124. The monoisotopic (exact) mass is 232 g/mol. The van der Waals surface area contributed by atoms with Crippen molar-refractivity contribution in [3.8, 4) is 0 Å². The predicted molar refractivity (Wildman–Crippen MR) is 60.2 cm³/mol. The van der Waals surface area contributed by atoms with Crippen LogP contribution >= 0.6 is 0 Å². The van der Waals surface area contributed by atoms with Gasteiger partial charge in [0.05, 0.1) is 5.75 Å². The molecule has 0 radical (unpaired) electrons. The average molecular weight is 232 g/mol. The molecule has 2 rings (SSSR count). The van der Waals surface area contributed by atoms with Gasteiger partial charge in [0, 0.05) is 5.54 Å². The number of rotatable bonds is 4. The van der Waals surface area contributed by atoms with E-state index in [4.69, 9.17) is 0 Å². The molecule has 5 heteroatoms. The molecule has 0 amide bonds. The van der Waals surface area contributed by atoms with Gasteiger partial charge in [0.1, 0.15) is 0 Å². The minimum Gasteiger partial charge on any atom is -0.316 e. The summed E-state index contributed by atoms with van der Waals surface area (Å²) in [4.78, 5) is 0. The molecule has 2 fully saturated rings. The zero-order valence-electron chi connectivity index (χ0n) is 9.25. The van der Waals surface area contributed by atoms with Gasteiger partial charge >= 0.3 is 0 Å². The fourth-order valence-corrected chi connectivity index (χ4v) is 4.03. The van der Waals surface area contributed by atoms with E-state index in [1.54, 1.807) is 0 Å². The normalized spacial score (nSPS) is 30.1. The van der Waals surface area contributed by atoms with Crippen molar-refractivity contribution in [1.29, 1.82) is 0 Å². The molecule has 1 heterocycles. The number of piperidine rings is 1. The average Bonchev–Trinajstić information content (AvgIpc) is 2.82. The Labute approximate surface area is 91.9 Å². The molecule has 1 aliphatic heterocycles. The summed E-state index contributed by atoms with van der Waals surface area (Å²) in [5.74, 6) is 0.578. The third-order valence-corrected chi connectivity index (χ3v) is 4.97. The Morgan fingerprint density at radius 1 is 1.47 bits per heavy atom. The van der Waals surface area contributed by atoms with E-state index in [0.717, 1.165) is 38.8 Å². The summed E-state index contributed by atoms with van der Waals surface area (Å²) in [6.07, 6.45) is 4.09. The molecule has 2 N–H and O–H groups in total. The van der Waals surface area contributed by atoms with E-state index in [1.807, 2.05) is 6.92 Å². The molecular weight excluding hydrogens is 212 g/mol. The number of hydrogen-bond donors (Lipinski definition) is 2. The predicted octanol–water partition coefficient (Wildman–Crippen LogP) is 0.458. The number of nitrogens with one attached hydrogen (secondary N) is 2. The first-order chi connectivity index (χ1) is 6.99. The lowest BCUT2D eigenvalue weighted by molar-refractivity contribution is 0.401. The lowest BCUT2D eigenvalue weighted by Gasteiger charge is -2.23. The Morgan fingerprint density at radius 2 is 2.20 bits per heavy atom. The lowest BCUT2D eigenvalue weighted by Crippen LogP contribution is -2.41. The first-order valence-electron chi connectivity index (χ1n) is 5.72. The van der Waals surface area contributed by atoms with E-state index in [-0.39, 0.29) is 11.3 Å². The molecule has 15 heavy (non-hydrogen) atoms. The van der Waals surface area contributed by atoms with Crippen molar-refractivity contribution in [2.24, 2.45) is 5.92 Å². The number of sulfonamides is 1. The van der Waals surface area contributed by atoms with Gasteiger partial charge in [-0.05, 0) is 51.6 Å². The van der Waals surface area contributed by atoms with Crippen LogP contribution in [0.1, 0.15) is 32.6 Å². The Bertz CT molecular complexity index is 316. The van der Waals surface area contributed by atoms with Gasteiger partial charge in [-0.15, -0.1) is 0 Å². The van der Waals surface area contributed by atoms with Gasteiger partial charge < -0.3 is 5.32 Å². The van der Waals surface area contributed by atoms with E-state index >= 15 is 0 Å².